The summed E-state index contributed by atoms with van der Waals surface area (Å²) in [6.07, 6.45) is 0.509. The van der Waals surface area contributed by atoms with Crippen molar-refractivity contribution in [3.63, 3.8) is 0 Å². The van der Waals surface area contributed by atoms with Crippen LogP contribution in [-0.2, 0) is 4.79 Å². The van der Waals surface area contributed by atoms with Gasteiger partial charge in [-0.3, -0.25) is 4.79 Å². The van der Waals surface area contributed by atoms with Gasteiger partial charge in [-0.25, -0.2) is 13.6 Å². The molecule has 1 unspecified atom stereocenters. The number of hydrogen-bond acceptors (Lipinski definition) is 2. The number of aliphatic carboxylic acids is 1. The highest BCUT2D eigenvalue weighted by atomic mass is 35.5. The second kappa shape index (κ2) is 6.65. The number of hydrogen-bond donors (Lipinski definition) is 2. The molecule has 2 atom stereocenters. The molecule has 0 aliphatic carbocycles. The second-order valence-corrected chi connectivity index (χ2v) is 4.83. The van der Waals surface area contributed by atoms with E-state index in [4.69, 9.17) is 16.7 Å². The highest BCUT2D eigenvalue weighted by molar-refractivity contribution is 6.30. The van der Waals surface area contributed by atoms with Crippen LogP contribution >= 0.6 is 11.6 Å². The number of carbonyl (C=O) groups is 2. The van der Waals surface area contributed by atoms with Crippen LogP contribution in [0.3, 0.4) is 0 Å². The van der Waals surface area contributed by atoms with Gasteiger partial charge in [0.05, 0.1) is 10.6 Å². The van der Waals surface area contributed by atoms with Gasteiger partial charge >= 0.3 is 5.97 Å². The lowest BCUT2D eigenvalue weighted by Crippen LogP contribution is -2.45. The normalized spacial score (nSPS) is 13.7. The van der Waals surface area contributed by atoms with E-state index in [0.29, 0.717) is 18.6 Å². The molecule has 0 bridgehead atoms. The Morgan fingerprint density at radius 3 is 2.45 bits per heavy atom. The van der Waals surface area contributed by atoms with Crippen LogP contribution in [0.15, 0.2) is 12.1 Å². The first-order valence-electron chi connectivity index (χ1n) is 5.96. The highest BCUT2D eigenvalue weighted by Gasteiger charge is 2.27. The molecule has 0 aromatic heterocycles. The highest BCUT2D eigenvalue weighted by Crippen LogP contribution is 2.19. The Balaban J connectivity index is 3.01. The number of nitrogens with one attached hydrogen (secondary N) is 1. The van der Waals surface area contributed by atoms with Gasteiger partial charge in [0.15, 0.2) is 0 Å². The minimum absolute atomic E-state index is 0.350. The molecule has 0 aliphatic heterocycles. The van der Waals surface area contributed by atoms with Crippen molar-refractivity contribution in [2.24, 2.45) is 5.92 Å². The molecule has 1 aromatic carbocycles. The summed E-state index contributed by atoms with van der Waals surface area (Å²) in [5.41, 5.74) is -0.582. The molecule has 2 N–H and O–H groups in total. The van der Waals surface area contributed by atoms with Crippen molar-refractivity contribution in [3.05, 3.63) is 34.4 Å². The molecule has 0 saturated heterocycles. The number of carboxylic acids is 1. The maximum absolute atomic E-state index is 13.6. The number of halogens is 3. The molecule has 0 aliphatic rings. The first-order valence-corrected chi connectivity index (χ1v) is 6.33. The summed E-state index contributed by atoms with van der Waals surface area (Å²) < 4.78 is 26.8. The fourth-order valence-corrected chi connectivity index (χ4v) is 1.75. The number of amides is 1. The van der Waals surface area contributed by atoms with Gasteiger partial charge < -0.3 is 10.4 Å². The lowest BCUT2D eigenvalue weighted by molar-refractivity contribution is -0.140. The lowest BCUT2D eigenvalue weighted by atomic mass is 9.99. The fraction of sp³-hybridized carbons (Fsp3) is 0.385. The van der Waals surface area contributed by atoms with E-state index < -0.39 is 40.1 Å². The van der Waals surface area contributed by atoms with Crippen molar-refractivity contribution in [3.8, 4) is 0 Å². The lowest BCUT2D eigenvalue weighted by Gasteiger charge is -2.20. The van der Waals surface area contributed by atoms with Gasteiger partial charge in [0, 0.05) is 0 Å². The molecule has 1 rings (SSSR count). The van der Waals surface area contributed by atoms with Crippen LogP contribution < -0.4 is 5.32 Å². The van der Waals surface area contributed by atoms with Crippen molar-refractivity contribution < 1.29 is 23.5 Å². The molecule has 0 saturated carbocycles. The molecule has 0 fully saturated rings. The summed E-state index contributed by atoms with van der Waals surface area (Å²) in [6, 6.07) is 0.138. The summed E-state index contributed by atoms with van der Waals surface area (Å²) in [4.78, 5) is 22.9. The summed E-state index contributed by atoms with van der Waals surface area (Å²) >= 11 is 5.38. The predicted octanol–water partition coefficient (Wildman–Crippen LogP) is 2.85. The van der Waals surface area contributed by atoms with Crippen LogP contribution in [0.2, 0.25) is 5.02 Å². The zero-order valence-corrected chi connectivity index (χ0v) is 11.7. The maximum atomic E-state index is 13.6. The predicted molar refractivity (Wildman–Crippen MR) is 69.7 cm³/mol. The van der Waals surface area contributed by atoms with Crippen LogP contribution in [0.1, 0.15) is 30.6 Å². The van der Waals surface area contributed by atoms with Gasteiger partial charge in [-0.2, -0.15) is 0 Å². The maximum Gasteiger partial charge on any atom is 0.326 e. The summed E-state index contributed by atoms with van der Waals surface area (Å²) in [6.45, 7) is 3.40. The molecule has 4 nitrogen and oxygen atoms in total. The first-order chi connectivity index (χ1) is 9.27. The van der Waals surface area contributed by atoms with Crippen LogP contribution in [0, 0.1) is 17.6 Å². The minimum Gasteiger partial charge on any atom is -0.480 e. The summed E-state index contributed by atoms with van der Waals surface area (Å²) in [5.74, 6) is -4.54. The Morgan fingerprint density at radius 2 is 1.95 bits per heavy atom. The molecule has 20 heavy (non-hydrogen) atoms. The zero-order valence-electron chi connectivity index (χ0n) is 10.9. The quantitative estimate of drug-likeness (QED) is 0.822. The van der Waals surface area contributed by atoms with Gasteiger partial charge in [0.1, 0.15) is 17.7 Å². The van der Waals surface area contributed by atoms with Crippen LogP contribution in [0.4, 0.5) is 8.78 Å². The Bertz CT molecular complexity index is 537. The Hall–Kier alpha value is -1.69. The van der Waals surface area contributed by atoms with Gasteiger partial charge in [0.25, 0.3) is 5.91 Å². The van der Waals surface area contributed by atoms with Gasteiger partial charge in [-0.15, -0.1) is 0 Å². The van der Waals surface area contributed by atoms with E-state index in [0.717, 1.165) is 0 Å². The van der Waals surface area contributed by atoms with E-state index in [1.807, 2.05) is 0 Å². The molecular formula is C13H14ClF2NO3. The van der Waals surface area contributed by atoms with Crippen molar-refractivity contribution in [1.29, 1.82) is 0 Å². The van der Waals surface area contributed by atoms with E-state index in [1.165, 1.54) is 0 Å². The SMILES string of the molecule is CCC(C)[C@H](NC(=O)c1cc(F)c(Cl)cc1F)C(=O)O. The molecule has 0 spiro atoms. The van der Waals surface area contributed by atoms with E-state index in [9.17, 15) is 18.4 Å². The third-order valence-electron chi connectivity index (χ3n) is 3.02. The molecule has 7 heteroatoms. The Labute approximate surface area is 119 Å². The summed E-state index contributed by atoms with van der Waals surface area (Å²) in [5, 5.41) is 10.8. The third kappa shape index (κ3) is 3.66. The number of benzene rings is 1. The standard InChI is InChI=1S/C13H14ClF2NO3/c1-3-6(2)11(13(19)20)17-12(18)7-4-10(16)8(14)5-9(7)15/h4-6,11H,3H2,1-2H3,(H,17,18)(H,19,20)/t6?,11-/m0/s1. The molecule has 0 heterocycles. The molecule has 1 aromatic rings. The van der Waals surface area contributed by atoms with Crippen molar-refractivity contribution in [2.75, 3.05) is 0 Å². The second-order valence-electron chi connectivity index (χ2n) is 4.42. The van der Waals surface area contributed by atoms with Crippen molar-refractivity contribution >= 4 is 23.5 Å². The van der Waals surface area contributed by atoms with E-state index in [2.05, 4.69) is 5.32 Å². The number of carbonyl (C=O) groups excluding carboxylic acids is 1. The zero-order chi connectivity index (χ0) is 15.4. The van der Waals surface area contributed by atoms with Crippen LogP contribution in [-0.4, -0.2) is 23.0 Å². The van der Waals surface area contributed by atoms with Gasteiger partial charge in [-0.05, 0) is 18.1 Å². The van der Waals surface area contributed by atoms with Crippen LogP contribution in [0.25, 0.3) is 0 Å². The van der Waals surface area contributed by atoms with E-state index in [-0.39, 0.29) is 5.92 Å². The Kier molecular flexibility index (Phi) is 5.44. The fourth-order valence-electron chi connectivity index (χ4n) is 1.60. The monoisotopic (exact) mass is 305 g/mol. The minimum atomic E-state index is -1.23. The Morgan fingerprint density at radius 1 is 1.35 bits per heavy atom. The molecule has 1 amide bonds. The average Bonchev–Trinajstić information content (AvgIpc) is 2.38. The number of carboxylic acid groups (broad SMARTS) is 1. The molecule has 0 radical (unpaired) electrons. The topological polar surface area (TPSA) is 66.4 Å². The van der Waals surface area contributed by atoms with Crippen molar-refractivity contribution in [1.82, 2.24) is 5.32 Å². The van der Waals surface area contributed by atoms with E-state index in [1.54, 1.807) is 13.8 Å². The first kappa shape index (κ1) is 16.4. The molecular weight excluding hydrogens is 292 g/mol. The van der Waals surface area contributed by atoms with Gasteiger partial charge in [0.2, 0.25) is 0 Å². The van der Waals surface area contributed by atoms with Gasteiger partial charge in [-0.1, -0.05) is 31.9 Å². The number of rotatable bonds is 5. The smallest absolute Gasteiger partial charge is 0.326 e. The average molecular weight is 306 g/mol. The third-order valence-corrected chi connectivity index (χ3v) is 3.31. The largest absolute Gasteiger partial charge is 0.480 e. The summed E-state index contributed by atoms with van der Waals surface area (Å²) in [7, 11) is 0. The molecule has 110 valence electrons. The van der Waals surface area contributed by atoms with Crippen molar-refractivity contribution in [2.45, 2.75) is 26.3 Å². The van der Waals surface area contributed by atoms with E-state index >= 15 is 0 Å². The van der Waals surface area contributed by atoms with Crippen LogP contribution in [0.5, 0.6) is 0 Å².